The normalized spacial score (nSPS) is 17.6. The second kappa shape index (κ2) is 4.58. The molecular weight excluding hydrogens is 158 g/mol. The average molecular weight is 172 g/mol. The van der Waals surface area contributed by atoms with E-state index in [0.29, 0.717) is 0 Å². The molecule has 0 unspecified atom stereocenters. The predicted molar refractivity (Wildman–Crippen MR) is 49.8 cm³/mol. The van der Waals surface area contributed by atoms with E-state index in [4.69, 9.17) is 11.6 Å². The zero-order chi connectivity index (χ0) is 8.10. The fourth-order valence-electron chi connectivity index (χ4n) is 1.17. The first-order valence-electron chi connectivity index (χ1n) is 4.03. The topological polar surface area (TPSA) is 12.0 Å². The van der Waals surface area contributed by atoms with E-state index in [-0.39, 0.29) is 0 Å². The lowest BCUT2D eigenvalue weighted by Crippen LogP contribution is -2.08. The van der Waals surface area contributed by atoms with Crippen molar-refractivity contribution in [2.24, 2.45) is 0 Å². The fourth-order valence-corrected chi connectivity index (χ4v) is 1.43. The molecule has 0 amide bonds. The Labute approximate surface area is 73.1 Å². The lowest BCUT2D eigenvalue weighted by molar-refractivity contribution is 0.784. The summed E-state index contributed by atoms with van der Waals surface area (Å²) in [4.78, 5) is 0. The first kappa shape index (κ1) is 8.82. The number of hydrogen-bond donors (Lipinski definition) is 1. The minimum absolute atomic E-state index is 1.01. The largest absolute Gasteiger partial charge is 0.319 e. The Morgan fingerprint density at radius 1 is 1.64 bits per heavy atom. The van der Waals surface area contributed by atoms with Crippen molar-refractivity contribution in [3.63, 3.8) is 0 Å². The van der Waals surface area contributed by atoms with E-state index in [0.717, 1.165) is 30.8 Å². The maximum atomic E-state index is 6.02. The van der Waals surface area contributed by atoms with Crippen LogP contribution in [0.4, 0.5) is 0 Å². The molecule has 0 saturated heterocycles. The summed E-state index contributed by atoms with van der Waals surface area (Å²) in [5.74, 6) is 0. The van der Waals surface area contributed by atoms with Gasteiger partial charge in [0.05, 0.1) is 0 Å². The van der Waals surface area contributed by atoms with E-state index < -0.39 is 0 Å². The molecule has 0 aliphatic heterocycles. The Kier molecular flexibility index (Phi) is 3.67. The van der Waals surface area contributed by atoms with Crippen LogP contribution in [-0.2, 0) is 0 Å². The molecule has 1 N–H and O–H groups in total. The molecule has 1 aliphatic carbocycles. The molecule has 0 saturated carbocycles. The third-order valence-corrected chi connectivity index (χ3v) is 2.27. The summed E-state index contributed by atoms with van der Waals surface area (Å²) in [7, 11) is 1.96. The standard InChI is InChI=1S/C9H14ClN/c1-11-7-6-8-4-2-3-5-9(8)10/h2,4,11H,3,5-7H2,1H3. The van der Waals surface area contributed by atoms with E-state index in [1.807, 2.05) is 7.05 Å². The molecule has 0 spiro atoms. The second-order valence-corrected chi connectivity index (χ2v) is 3.18. The van der Waals surface area contributed by atoms with Crippen molar-refractivity contribution in [2.45, 2.75) is 19.3 Å². The predicted octanol–water partition coefficient (Wildman–Crippen LogP) is 2.44. The highest BCUT2D eigenvalue weighted by Crippen LogP contribution is 2.23. The monoisotopic (exact) mass is 171 g/mol. The van der Waals surface area contributed by atoms with Crippen LogP contribution in [0.5, 0.6) is 0 Å². The molecule has 0 aromatic rings. The van der Waals surface area contributed by atoms with Crippen molar-refractivity contribution in [3.8, 4) is 0 Å². The molecule has 0 aromatic carbocycles. The summed E-state index contributed by atoms with van der Waals surface area (Å²) in [6, 6.07) is 0. The van der Waals surface area contributed by atoms with E-state index >= 15 is 0 Å². The van der Waals surface area contributed by atoms with Gasteiger partial charge in [0.25, 0.3) is 0 Å². The van der Waals surface area contributed by atoms with E-state index in [2.05, 4.69) is 17.5 Å². The average Bonchev–Trinajstić information content (AvgIpc) is 2.03. The van der Waals surface area contributed by atoms with E-state index in [1.165, 1.54) is 5.57 Å². The van der Waals surface area contributed by atoms with Crippen molar-refractivity contribution < 1.29 is 0 Å². The van der Waals surface area contributed by atoms with Crippen molar-refractivity contribution in [2.75, 3.05) is 13.6 Å². The second-order valence-electron chi connectivity index (χ2n) is 2.72. The van der Waals surface area contributed by atoms with Gasteiger partial charge >= 0.3 is 0 Å². The van der Waals surface area contributed by atoms with Crippen LogP contribution < -0.4 is 5.32 Å². The third-order valence-electron chi connectivity index (χ3n) is 1.84. The van der Waals surface area contributed by atoms with Gasteiger partial charge in [-0.25, -0.2) is 0 Å². The van der Waals surface area contributed by atoms with Crippen molar-refractivity contribution in [1.82, 2.24) is 5.32 Å². The van der Waals surface area contributed by atoms with E-state index in [1.54, 1.807) is 0 Å². The minimum atomic E-state index is 1.01. The fraction of sp³-hybridized carbons (Fsp3) is 0.556. The van der Waals surface area contributed by atoms with Gasteiger partial charge in [0.15, 0.2) is 0 Å². The van der Waals surface area contributed by atoms with Crippen molar-refractivity contribution in [1.29, 1.82) is 0 Å². The summed E-state index contributed by atoms with van der Waals surface area (Å²) >= 11 is 6.02. The molecule has 0 radical (unpaired) electrons. The molecule has 11 heavy (non-hydrogen) atoms. The number of nitrogens with one attached hydrogen (secondary N) is 1. The highest BCUT2D eigenvalue weighted by molar-refractivity contribution is 6.30. The SMILES string of the molecule is CNCCC1=C(Cl)CCC=C1. The van der Waals surface area contributed by atoms with Crippen LogP contribution in [0.15, 0.2) is 22.8 Å². The van der Waals surface area contributed by atoms with Gasteiger partial charge in [-0.3, -0.25) is 0 Å². The minimum Gasteiger partial charge on any atom is -0.319 e. The summed E-state index contributed by atoms with van der Waals surface area (Å²) < 4.78 is 0. The van der Waals surface area contributed by atoms with Crippen molar-refractivity contribution in [3.05, 3.63) is 22.8 Å². The van der Waals surface area contributed by atoms with Crippen LogP contribution in [0, 0.1) is 0 Å². The molecule has 1 rings (SSSR count). The third kappa shape index (κ3) is 2.68. The molecule has 0 fully saturated rings. The molecule has 62 valence electrons. The van der Waals surface area contributed by atoms with Crippen LogP contribution in [-0.4, -0.2) is 13.6 Å². The number of hydrogen-bond acceptors (Lipinski definition) is 1. The Morgan fingerprint density at radius 2 is 2.45 bits per heavy atom. The first-order valence-corrected chi connectivity index (χ1v) is 4.41. The molecule has 0 atom stereocenters. The van der Waals surface area contributed by atoms with Gasteiger partial charge in [-0.15, -0.1) is 0 Å². The van der Waals surface area contributed by atoms with Gasteiger partial charge in [0.2, 0.25) is 0 Å². The first-order chi connectivity index (χ1) is 5.34. The van der Waals surface area contributed by atoms with Crippen LogP contribution in [0.25, 0.3) is 0 Å². The smallest absolute Gasteiger partial charge is 0.0216 e. The molecule has 0 heterocycles. The van der Waals surface area contributed by atoms with Crippen LogP contribution >= 0.6 is 11.6 Å². The highest BCUT2D eigenvalue weighted by Gasteiger charge is 2.04. The number of rotatable bonds is 3. The molecule has 0 aromatic heterocycles. The van der Waals surface area contributed by atoms with Gasteiger partial charge in [0, 0.05) is 5.03 Å². The van der Waals surface area contributed by atoms with Gasteiger partial charge in [-0.2, -0.15) is 0 Å². The zero-order valence-electron chi connectivity index (χ0n) is 6.86. The van der Waals surface area contributed by atoms with Gasteiger partial charge < -0.3 is 5.32 Å². The molecule has 0 bridgehead atoms. The van der Waals surface area contributed by atoms with Crippen LogP contribution in [0.1, 0.15) is 19.3 Å². The van der Waals surface area contributed by atoms with Gasteiger partial charge in [0.1, 0.15) is 0 Å². The van der Waals surface area contributed by atoms with E-state index in [9.17, 15) is 0 Å². The lowest BCUT2D eigenvalue weighted by atomic mass is 10.0. The Morgan fingerprint density at radius 3 is 3.09 bits per heavy atom. The Bertz CT molecular complexity index is 182. The van der Waals surface area contributed by atoms with Gasteiger partial charge in [-0.1, -0.05) is 23.8 Å². The summed E-state index contributed by atoms with van der Waals surface area (Å²) in [6.45, 7) is 1.01. The maximum absolute atomic E-state index is 6.02. The molecule has 2 heteroatoms. The van der Waals surface area contributed by atoms with Gasteiger partial charge in [-0.05, 0) is 38.4 Å². The number of halogens is 1. The Hall–Kier alpha value is -0.270. The zero-order valence-corrected chi connectivity index (χ0v) is 7.62. The van der Waals surface area contributed by atoms with Crippen LogP contribution in [0.3, 0.4) is 0 Å². The summed E-state index contributed by atoms with van der Waals surface area (Å²) in [5, 5.41) is 4.15. The van der Waals surface area contributed by atoms with Crippen LogP contribution in [0.2, 0.25) is 0 Å². The molecule has 1 aliphatic rings. The van der Waals surface area contributed by atoms with Crippen molar-refractivity contribution >= 4 is 11.6 Å². The lowest BCUT2D eigenvalue weighted by Gasteiger charge is -2.09. The summed E-state index contributed by atoms with van der Waals surface area (Å²) in [6.07, 6.45) is 7.50. The highest BCUT2D eigenvalue weighted by atomic mass is 35.5. The molecular formula is C9H14ClN. The summed E-state index contributed by atoms with van der Waals surface area (Å²) in [5.41, 5.74) is 1.30. The quantitative estimate of drug-likeness (QED) is 0.688. The molecule has 1 nitrogen and oxygen atoms in total. The number of allylic oxidation sites excluding steroid dienone is 3. The Balaban J connectivity index is 2.47. The maximum Gasteiger partial charge on any atom is 0.0216 e.